The Balaban J connectivity index is 2.22. The smallest absolute Gasteiger partial charge is 0.108 e. The quantitative estimate of drug-likeness (QED) is 0.768. The molecule has 3 nitrogen and oxygen atoms in total. The van der Waals surface area contributed by atoms with Crippen LogP contribution in [0.3, 0.4) is 0 Å². The molecule has 0 aliphatic heterocycles. The topological polar surface area (TPSA) is 30.7 Å². The summed E-state index contributed by atoms with van der Waals surface area (Å²) < 4.78 is 2.93. The Morgan fingerprint density at radius 2 is 2.36 bits per heavy atom. The van der Waals surface area contributed by atoms with E-state index in [-0.39, 0.29) is 0 Å². The first-order valence-corrected chi connectivity index (χ1v) is 5.12. The van der Waals surface area contributed by atoms with Gasteiger partial charge < -0.3 is 4.57 Å². The van der Waals surface area contributed by atoms with Crippen LogP contribution < -0.4 is 0 Å². The van der Waals surface area contributed by atoms with Crippen LogP contribution in [0.2, 0.25) is 0 Å². The summed E-state index contributed by atoms with van der Waals surface area (Å²) in [5.41, 5.74) is 2.34. The maximum absolute atomic E-state index is 4.24. The van der Waals surface area contributed by atoms with Crippen molar-refractivity contribution in [2.24, 2.45) is 0 Å². The van der Waals surface area contributed by atoms with Gasteiger partial charge in [0.1, 0.15) is 4.60 Å². The fourth-order valence-corrected chi connectivity index (χ4v) is 1.51. The Kier molecular flexibility index (Phi) is 2.63. The third-order valence-corrected chi connectivity index (χ3v) is 2.83. The molecular formula is C10H10BrN3. The molecule has 4 heteroatoms. The predicted molar refractivity (Wildman–Crippen MR) is 58.0 cm³/mol. The first-order chi connectivity index (χ1) is 6.75. The third-order valence-electron chi connectivity index (χ3n) is 2.00. The highest BCUT2D eigenvalue weighted by Gasteiger charge is 1.99. The second kappa shape index (κ2) is 3.92. The van der Waals surface area contributed by atoms with Crippen LogP contribution in [0.25, 0.3) is 0 Å². The molecule has 14 heavy (non-hydrogen) atoms. The van der Waals surface area contributed by atoms with Gasteiger partial charge in [0, 0.05) is 18.6 Å². The summed E-state index contributed by atoms with van der Waals surface area (Å²) in [4.78, 5) is 8.23. The number of rotatable bonds is 2. The Bertz CT molecular complexity index is 423. The zero-order valence-corrected chi connectivity index (χ0v) is 9.40. The van der Waals surface area contributed by atoms with Crippen molar-refractivity contribution >= 4 is 15.9 Å². The van der Waals surface area contributed by atoms with Crippen LogP contribution in [-0.4, -0.2) is 14.5 Å². The second-order valence-electron chi connectivity index (χ2n) is 3.19. The molecule has 0 aliphatic carbocycles. The van der Waals surface area contributed by atoms with Gasteiger partial charge in [0.15, 0.2) is 0 Å². The van der Waals surface area contributed by atoms with Crippen LogP contribution in [0, 0.1) is 6.92 Å². The van der Waals surface area contributed by atoms with Crippen molar-refractivity contribution in [3.63, 3.8) is 0 Å². The number of aromatic nitrogens is 3. The number of aryl methyl sites for hydroxylation is 1. The van der Waals surface area contributed by atoms with E-state index >= 15 is 0 Å². The molecule has 0 aromatic carbocycles. The van der Waals surface area contributed by atoms with E-state index in [4.69, 9.17) is 0 Å². The van der Waals surface area contributed by atoms with E-state index in [2.05, 4.69) is 32.0 Å². The summed E-state index contributed by atoms with van der Waals surface area (Å²) in [7, 11) is 0. The maximum atomic E-state index is 4.24. The lowest BCUT2D eigenvalue weighted by atomic mass is 10.2. The lowest BCUT2D eigenvalue weighted by Crippen LogP contribution is -1.97. The zero-order valence-electron chi connectivity index (χ0n) is 7.81. The molecule has 2 rings (SSSR count). The lowest BCUT2D eigenvalue weighted by molar-refractivity contribution is 0.791. The Labute approximate surface area is 90.9 Å². The molecule has 0 fully saturated rings. The molecule has 72 valence electrons. The van der Waals surface area contributed by atoms with Gasteiger partial charge in [-0.1, -0.05) is 6.07 Å². The van der Waals surface area contributed by atoms with Crippen LogP contribution in [0.4, 0.5) is 0 Å². The van der Waals surface area contributed by atoms with E-state index < -0.39 is 0 Å². The molecule has 0 saturated heterocycles. The summed E-state index contributed by atoms with van der Waals surface area (Å²) in [6.07, 6.45) is 7.39. The number of pyridine rings is 1. The van der Waals surface area contributed by atoms with Crippen molar-refractivity contribution in [3.8, 4) is 0 Å². The van der Waals surface area contributed by atoms with Crippen molar-refractivity contribution in [1.29, 1.82) is 0 Å². The molecule has 0 amide bonds. The molecule has 0 radical (unpaired) electrons. The minimum absolute atomic E-state index is 0.821. The normalized spacial score (nSPS) is 10.4. The number of hydrogen-bond donors (Lipinski definition) is 0. The number of hydrogen-bond acceptors (Lipinski definition) is 2. The molecule has 0 aliphatic rings. The molecule has 0 saturated carbocycles. The highest BCUT2D eigenvalue weighted by atomic mass is 79.9. The van der Waals surface area contributed by atoms with Crippen molar-refractivity contribution in [3.05, 3.63) is 46.7 Å². The SMILES string of the molecule is Cc1cc(Cn2ccnc2)cnc1Br. The summed E-state index contributed by atoms with van der Waals surface area (Å²) in [6, 6.07) is 2.12. The first kappa shape index (κ1) is 9.40. The molecule has 0 bridgehead atoms. The summed E-state index contributed by atoms with van der Waals surface area (Å²) >= 11 is 3.38. The van der Waals surface area contributed by atoms with Crippen molar-refractivity contribution < 1.29 is 0 Å². The number of halogens is 1. The van der Waals surface area contributed by atoms with E-state index in [0.29, 0.717) is 0 Å². The van der Waals surface area contributed by atoms with Gasteiger partial charge in [-0.3, -0.25) is 0 Å². The van der Waals surface area contributed by atoms with Crippen molar-refractivity contribution in [1.82, 2.24) is 14.5 Å². The largest absolute Gasteiger partial charge is 0.333 e. The Hall–Kier alpha value is -1.16. The highest BCUT2D eigenvalue weighted by molar-refractivity contribution is 9.10. The van der Waals surface area contributed by atoms with Gasteiger partial charge in [0.2, 0.25) is 0 Å². The number of nitrogens with zero attached hydrogens (tertiary/aromatic N) is 3. The predicted octanol–water partition coefficient (Wildman–Crippen LogP) is 2.40. The monoisotopic (exact) mass is 251 g/mol. The fraction of sp³-hybridized carbons (Fsp3) is 0.200. The van der Waals surface area contributed by atoms with Crippen LogP contribution in [0.1, 0.15) is 11.1 Å². The van der Waals surface area contributed by atoms with Crippen LogP contribution in [-0.2, 0) is 6.54 Å². The highest BCUT2D eigenvalue weighted by Crippen LogP contribution is 2.14. The van der Waals surface area contributed by atoms with Gasteiger partial charge in [-0.15, -0.1) is 0 Å². The summed E-state index contributed by atoms with van der Waals surface area (Å²) in [6.45, 7) is 2.86. The minimum atomic E-state index is 0.821. The van der Waals surface area contributed by atoms with Gasteiger partial charge >= 0.3 is 0 Å². The van der Waals surface area contributed by atoms with E-state index in [1.165, 1.54) is 5.56 Å². The second-order valence-corrected chi connectivity index (χ2v) is 3.94. The zero-order chi connectivity index (χ0) is 9.97. The van der Waals surface area contributed by atoms with E-state index in [1.807, 2.05) is 23.9 Å². The number of imidazole rings is 1. The average molecular weight is 252 g/mol. The van der Waals surface area contributed by atoms with Gasteiger partial charge in [-0.05, 0) is 34.0 Å². The fourth-order valence-electron chi connectivity index (χ4n) is 1.29. The van der Waals surface area contributed by atoms with Crippen molar-refractivity contribution in [2.75, 3.05) is 0 Å². The van der Waals surface area contributed by atoms with E-state index in [9.17, 15) is 0 Å². The van der Waals surface area contributed by atoms with Crippen molar-refractivity contribution in [2.45, 2.75) is 13.5 Å². The molecule has 0 spiro atoms. The van der Waals surface area contributed by atoms with Crippen LogP contribution in [0.15, 0.2) is 35.6 Å². The molecular weight excluding hydrogens is 242 g/mol. The van der Waals surface area contributed by atoms with Crippen LogP contribution >= 0.6 is 15.9 Å². The Morgan fingerprint density at radius 1 is 1.50 bits per heavy atom. The minimum Gasteiger partial charge on any atom is -0.333 e. The molecule has 0 N–H and O–H groups in total. The van der Waals surface area contributed by atoms with Gasteiger partial charge in [-0.2, -0.15) is 0 Å². The molecule has 2 heterocycles. The standard InChI is InChI=1S/C10H10BrN3/c1-8-4-9(5-13-10(8)11)6-14-3-2-12-7-14/h2-5,7H,6H2,1H3. The van der Waals surface area contributed by atoms with Gasteiger partial charge in [0.05, 0.1) is 12.9 Å². The van der Waals surface area contributed by atoms with Gasteiger partial charge in [-0.25, -0.2) is 9.97 Å². The van der Waals surface area contributed by atoms with Crippen LogP contribution in [0.5, 0.6) is 0 Å². The average Bonchev–Trinajstić information content (AvgIpc) is 2.64. The van der Waals surface area contributed by atoms with E-state index in [0.717, 1.165) is 16.7 Å². The first-order valence-electron chi connectivity index (χ1n) is 4.32. The molecule has 2 aromatic rings. The van der Waals surface area contributed by atoms with E-state index in [1.54, 1.807) is 12.5 Å². The Morgan fingerprint density at radius 3 is 3.00 bits per heavy atom. The summed E-state index contributed by atoms with van der Waals surface area (Å²) in [5.74, 6) is 0. The van der Waals surface area contributed by atoms with Gasteiger partial charge in [0.25, 0.3) is 0 Å². The molecule has 2 aromatic heterocycles. The third kappa shape index (κ3) is 2.01. The summed E-state index contributed by atoms with van der Waals surface area (Å²) in [5, 5.41) is 0. The lowest BCUT2D eigenvalue weighted by Gasteiger charge is -2.04. The molecule has 0 atom stereocenters. The maximum Gasteiger partial charge on any atom is 0.108 e. The molecule has 0 unspecified atom stereocenters.